The molecular weight excluding hydrogens is 206 g/mol. The third-order valence-electron chi connectivity index (χ3n) is 3.01. The number of benzene rings is 1. The molecule has 0 radical (unpaired) electrons. The molecule has 0 atom stereocenters. The number of nitrogen functional groups attached to an aromatic ring is 1. The number of rotatable bonds is 3. The molecule has 0 spiro atoms. The minimum Gasteiger partial charge on any atom is -0.399 e. The number of anilines is 1. The van der Waals surface area contributed by atoms with Crippen molar-refractivity contribution < 1.29 is 0 Å². The number of aryl methyl sites for hydroxylation is 1. The van der Waals surface area contributed by atoms with Gasteiger partial charge in [-0.25, -0.2) is 0 Å². The first-order valence-electron chi connectivity index (χ1n) is 5.78. The Labute approximate surface area is 103 Å². The molecule has 1 aromatic rings. The van der Waals surface area contributed by atoms with Crippen molar-refractivity contribution in [1.82, 2.24) is 0 Å². The van der Waals surface area contributed by atoms with Crippen molar-refractivity contribution in [2.45, 2.75) is 12.8 Å². The highest BCUT2D eigenvalue weighted by Crippen LogP contribution is 2.29. The van der Waals surface area contributed by atoms with Gasteiger partial charge in [0.2, 0.25) is 0 Å². The number of hydrogen-bond donors (Lipinski definition) is 1. The van der Waals surface area contributed by atoms with Crippen LogP contribution in [0.4, 0.5) is 5.69 Å². The SMILES string of the molecule is C=C/C=C\C(=C)C1=Cc2ccc(N)cc2CC1. The highest BCUT2D eigenvalue weighted by Gasteiger charge is 2.11. The highest BCUT2D eigenvalue weighted by molar-refractivity contribution is 5.67. The van der Waals surface area contributed by atoms with Gasteiger partial charge < -0.3 is 5.73 Å². The number of nitrogens with two attached hydrogens (primary N) is 1. The monoisotopic (exact) mass is 223 g/mol. The molecule has 86 valence electrons. The molecular formula is C16H17N. The van der Waals surface area contributed by atoms with Gasteiger partial charge in [-0.2, -0.15) is 0 Å². The van der Waals surface area contributed by atoms with Crippen LogP contribution >= 0.6 is 0 Å². The third-order valence-corrected chi connectivity index (χ3v) is 3.01. The molecule has 1 aliphatic rings. The van der Waals surface area contributed by atoms with Crippen LogP contribution < -0.4 is 5.73 Å². The van der Waals surface area contributed by atoms with Crippen LogP contribution in [0.15, 0.2) is 60.7 Å². The number of hydrogen-bond acceptors (Lipinski definition) is 1. The molecule has 0 saturated carbocycles. The van der Waals surface area contributed by atoms with E-state index >= 15 is 0 Å². The van der Waals surface area contributed by atoms with Crippen LogP contribution in [-0.4, -0.2) is 0 Å². The van der Waals surface area contributed by atoms with Crippen LogP contribution in [0.3, 0.4) is 0 Å². The van der Waals surface area contributed by atoms with Crippen LogP contribution in [0.25, 0.3) is 6.08 Å². The predicted octanol–water partition coefficient (Wildman–Crippen LogP) is 3.90. The zero-order valence-corrected chi connectivity index (χ0v) is 9.95. The number of fused-ring (bicyclic) bond motifs is 1. The lowest BCUT2D eigenvalue weighted by molar-refractivity contribution is 0.942. The predicted molar refractivity (Wildman–Crippen MR) is 75.6 cm³/mol. The van der Waals surface area contributed by atoms with E-state index in [4.69, 9.17) is 5.73 Å². The molecule has 0 amide bonds. The van der Waals surface area contributed by atoms with Gasteiger partial charge >= 0.3 is 0 Å². The van der Waals surface area contributed by atoms with Crippen LogP contribution in [0.2, 0.25) is 0 Å². The summed E-state index contributed by atoms with van der Waals surface area (Å²) in [6, 6.07) is 6.08. The fraction of sp³-hybridized carbons (Fsp3) is 0.125. The molecule has 0 aliphatic heterocycles. The maximum Gasteiger partial charge on any atom is 0.0317 e. The van der Waals surface area contributed by atoms with Crippen LogP contribution in [0.5, 0.6) is 0 Å². The highest BCUT2D eigenvalue weighted by atomic mass is 14.5. The van der Waals surface area contributed by atoms with Crippen molar-refractivity contribution in [2.75, 3.05) is 5.73 Å². The van der Waals surface area contributed by atoms with E-state index in [0.717, 1.165) is 24.1 Å². The van der Waals surface area contributed by atoms with Crippen molar-refractivity contribution in [2.24, 2.45) is 0 Å². The quantitative estimate of drug-likeness (QED) is 0.610. The normalized spacial score (nSPS) is 14.2. The summed E-state index contributed by atoms with van der Waals surface area (Å²) >= 11 is 0. The first-order valence-corrected chi connectivity index (χ1v) is 5.78. The van der Waals surface area contributed by atoms with Gasteiger partial charge in [0.05, 0.1) is 0 Å². The second-order valence-electron chi connectivity index (χ2n) is 4.25. The molecule has 1 aliphatic carbocycles. The van der Waals surface area contributed by atoms with Crippen LogP contribution in [0, 0.1) is 0 Å². The molecule has 0 saturated heterocycles. The minimum absolute atomic E-state index is 0.839. The average Bonchev–Trinajstić information content (AvgIpc) is 2.35. The van der Waals surface area contributed by atoms with E-state index in [0.29, 0.717) is 0 Å². The van der Waals surface area contributed by atoms with Crippen molar-refractivity contribution in [3.63, 3.8) is 0 Å². The zero-order valence-electron chi connectivity index (χ0n) is 9.95. The Kier molecular flexibility index (Phi) is 3.29. The van der Waals surface area contributed by atoms with Gasteiger partial charge in [-0.05, 0) is 47.2 Å². The van der Waals surface area contributed by atoms with E-state index in [2.05, 4.69) is 31.4 Å². The lowest BCUT2D eigenvalue weighted by Gasteiger charge is -2.17. The lowest BCUT2D eigenvalue weighted by atomic mass is 9.88. The molecule has 0 aromatic heterocycles. The van der Waals surface area contributed by atoms with E-state index in [9.17, 15) is 0 Å². The molecule has 2 rings (SSSR count). The maximum atomic E-state index is 5.78. The largest absolute Gasteiger partial charge is 0.399 e. The number of allylic oxidation sites excluding steroid dienone is 5. The molecule has 0 unspecified atom stereocenters. The zero-order chi connectivity index (χ0) is 12.3. The maximum absolute atomic E-state index is 5.78. The Balaban J connectivity index is 2.29. The van der Waals surface area contributed by atoms with E-state index < -0.39 is 0 Å². The fourth-order valence-corrected chi connectivity index (χ4v) is 2.06. The van der Waals surface area contributed by atoms with Crippen LogP contribution in [-0.2, 0) is 6.42 Å². The van der Waals surface area contributed by atoms with Crippen molar-refractivity contribution in [1.29, 1.82) is 0 Å². The van der Waals surface area contributed by atoms with Gasteiger partial charge in [-0.1, -0.05) is 43.5 Å². The summed E-state index contributed by atoms with van der Waals surface area (Å²) in [6.45, 7) is 7.74. The molecule has 1 nitrogen and oxygen atoms in total. The summed E-state index contributed by atoms with van der Waals surface area (Å²) in [4.78, 5) is 0. The van der Waals surface area contributed by atoms with E-state index in [1.165, 1.54) is 16.7 Å². The Morgan fingerprint density at radius 2 is 2.12 bits per heavy atom. The van der Waals surface area contributed by atoms with Gasteiger partial charge in [-0.15, -0.1) is 0 Å². The van der Waals surface area contributed by atoms with Crippen LogP contribution in [0.1, 0.15) is 17.5 Å². The van der Waals surface area contributed by atoms with Gasteiger partial charge in [0.25, 0.3) is 0 Å². The first-order chi connectivity index (χ1) is 8.20. The van der Waals surface area contributed by atoms with E-state index in [1.807, 2.05) is 18.2 Å². The van der Waals surface area contributed by atoms with Gasteiger partial charge in [-0.3, -0.25) is 0 Å². The second-order valence-corrected chi connectivity index (χ2v) is 4.25. The Hall–Kier alpha value is -2.02. The van der Waals surface area contributed by atoms with E-state index in [1.54, 1.807) is 6.08 Å². The van der Waals surface area contributed by atoms with Crippen molar-refractivity contribution in [3.05, 3.63) is 71.9 Å². The van der Waals surface area contributed by atoms with Gasteiger partial charge in [0.1, 0.15) is 0 Å². The Morgan fingerprint density at radius 3 is 2.88 bits per heavy atom. The molecule has 0 fully saturated rings. The summed E-state index contributed by atoms with van der Waals surface area (Å²) in [6.07, 6.45) is 9.95. The molecule has 17 heavy (non-hydrogen) atoms. The smallest absolute Gasteiger partial charge is 0.0317 e. The summed E-state index contributed by atoms with van der Waals surface area (Å²) in [5, 5.41) is 0. The Morgan fingerprint density at radius 1 is 1.29 bits per heavy atom. The van der Waals surface area contributed by atoms with Crippen molar-refractivity contribution >= 4 is 11.8 Å². The van der Waals surface area contributed by atoms with Gasteiger partial charge in [0, 0.05) is 5.69 Å². The van der Waals surface area contributed by atoms with E-state index in [-0.39, 0.29) is 0 Å². The Bertz CT molecular complexity index is 518. The molecule has 0 bridgehead atoms. The summed E-state index contributed by atoms with van der Waals surface area (Å²) in [5.41, 5.74) is 11.6. The van der Waals surface area contributed by atoms with Crippen molar-refractivity contribution in [3.8, 4) is 0 Å². The van der Waals surface area contributed by atoms with Gasteiger partial charge in [0.15, 0.2) is 0 Å². The molecule has 2 N–H and O–H groups in total. The summed E-state index contributed by atoms with van der Waals surface area (Å²) in [7, 11) is 0. The lowest BCUT2D eigenvalue weighted by Crippen LogP contribution is -2.01. The standard InChI is InChI=1S/C16H17N/c1-3-4-5-12(2)13-6-7-15-11-16(17)9-8-14(15)10-13/h3-5,8-11H,1-2,6-7,17H2/b5-4-. The fourth-order valence-electron chi connectivity index (χ4n) is 2.06. The third kappa shape index (κ3) is 2.56. The molecule has 0 heterocycles. The average molecular weight is 223 g/mol. The molecule has 1 aromatic carbocycles. The summed E-state index contributed by atoms with van der Waals surface area (Å²) < 4.78 is 0. The minimum atomic E-state index is 0.839. The molecule has 1 heteroatoms. The summed E-state index contributed by atoms with van der Waals surface area (Å²) in [5.74, 6) is 0. The first kappa shape index (κ1) is 11.5. The second kappa shape index (κ2) is 4.88. The topological polar surface area (TPSA) is 26.0 Å².